The first-order chi connectivity index (χ1) is 7.72. The van der Waals surface area contributed by atoms with E-state index in [1.165, 1.54) is 5.56 Å². The Morgan fingerprint density at radius 3 is 2.94 bits per heavy atom. The standard InChI is InChI=1S/C11H12BrN3S/c1-7-8(4-3-5-9(7)12)11-15-14-10(16-11)6-13-2/h3-5,13H,6H2,1-2H3. The Labute approximate surface area is 107 Å². The Kier molecular flexibility index (Phi) is 3.68. The molecular weight excluding hydrogens is 286 g/mol. The van der Waals surface area contributed by atoms with E-state index in [4.69, 9.17) is 0 Å². The molecule has 5 heteroatoms. The van der Waals surface area contributed by atoms with Crippen molar-refractivity contribution < 1.29 is 0 Å². The fourth-order valence-corrected chi connectivity index (χ4v) is 2.72. The smallest absolute Gasteiger partial charge is 0.148 e. The van der Waals surface area contributed by atoms with Gasteiger partial charge in [-0.25, -0.2) is 0 Å². The minimum absolute atomic E-state index is 0.769. The van der Waals surface area contributed by atoms with Crippen LogP contribution in [0.25, 0.3) is 10.6 Å². The van der Waals surface area contributed by atoms with Gasteiger partial charge in [-0.3, -0.25) is 0 Å². The van der Waals surface area contributed by atoms with Crippen LogP contribution in [0, 0.1) is 6.92 Å². The van der Waals surface area contributed by atoms with Gasteiger partial charge in [-0.2, -0.15) is 0 Å². The molecule has 0 unspecified atom stereocenters. The topological polar surface area (TPSA) is 37.8 Å². The third kappa shape index (κ3) is 2.31. The third-order valence-corrected chi connectivity index (χ3v) is 4.11. The van der Waals surface area contributed by atoms with Gasteiger partial charge in [0.2, 0.25) is 0 Å². The lowest BCUT2D eigenvalue weighted by Crippen LogP contribution is -2.04. The number of nitrogens with one attached hydrogen (secondary N) is 1. The maximum atomic E-state index is 4.21. The molecule has 0 bridgehead atoms. The minimum atomic E-state index is 0.769. The highest BCUT2D eigenvalue weighted by Crippen LogP contribution is 2.30. The first kappa shape index (κ1) is 11.7. The zero-order valence-electron chi connectivity index (χ0n) is 9.12. The van der Waals surface area contributed by atoms with Gasteiger partial charge in [0.05, 0.1) is 0 Å². The maximum absolute atomic E-state index is 4.21. The van der Waals surface area contributed by atoms with Gasteiger partial charge in [-0.05, 0) is 25.6 Å². The van der Waals surface area contributed by atoms with Crippen LogP contribution in [0.4, 0.5) is 0 Å². The van der Waals surface area contributed by atoms with E-state index in [0.29, 0.717) is 0 Å². The number of halogens is 1. The third-order valence-electron chi connectivity index (χ3n) is 2.29. The summed E-state index contributed by atoms with van der Waals surface area (Å²) in [6.07, 6.45) is 0. The van der Waals surface area contributed by atoms with E-state index in [1.54, 1.807) is 11.3 Å². The van der Waals surface area contributed by atoms with Crippen LogP contribution in [-0.2, 0) is 6.54 Å². The summed E-state index contributed by atoms with van der Waals surface area (Å²) in [7, 11) is 1.91. The highest BCUT2D eigenvalue weighted by Gasteiger charge is 2.09. The molecule has 1 aromatic heterocycles. The van der Waals surface area contributed by atoms with Crippen molar-refractivity contribution >= 4 is 27.3 Å². The van der Waals surface area contributed by atoms with E-state index in [-0.39, 0.29) is 0 Å². The normalized spacial score (nSPS) is 10.7. The summed E-state index contributed by atoms with van der Waals surface area (Å²) in [6, 6.07) is 6.13. The number of aromatic nitrogens is 2. The Bertz CT molecular complexity index is 496. The molecule has 0 aliphatic rings. The molecule has 1 N–H and O–H groups in total. The number of benzene rings is 1. The lowest BCUT2D eigenvalue weighted by atomic mass is 10.1. The van der Waals surface area contributed by atoms with E-state index in [9.17, 15) is 0 Å². The van der Waals surface area contributed by atoms with E-state index in [1.807, 2.05) is 19.2 Å². The molecule has 16 heavy (non-hydrogen) atoms. The lowest BCUT2D eigenvalue weighted by Gasteiger charge is -2.02. The molecule has 0 saturated carbocycles. The molecule has 2 aromatic rings. The Hall–Kier alpha value is -0.780. The molecule has 3 nitrogen and oxygen atoms in total. The predicted molar refractivity (Wildman–Crippen MR) is 70.5 cm³/mol. The molecule has 0 fully saturated rings. The van der Waals surface area contributed by atoms with Gasteiger partial charge in [-0.1, -0.05) is 39.4 Å². The highest BCUT2D eigenvalue weighted by molar-refractivity contribution is 9.10. The second-order valence-corrected chi connectivity index (χ2v) is 5.36. The molecule has 1 aromatic carbocycles. The molecule has 0 aliphatic heterocycles. The average Bonchev–Trinajstić information content (AvgIpc) is 2.71. The van der Waals surface area contributed by atoms with Crippen LogP contribution in [0.5, 0.6) is 0 Å². The van der Waals surface area contributed by atoms with Crippen LogP contribution in [0.3, 0.4) is 0 Å². The lowest BCUT2D eigenvalue weighted by molar-refractivity contribution is 0.795. The van der Waals surface area contributed by atoms with Crippen LogP contribution in [0.15, 0.2) is 22.7 Å². The summed E-state index contributed by atoms with van der Waals surface area (Å²) in [5.41, 5.74) is 2.35. The number of rotatable bonds is 3. The Morgan fingerprint density at radius 1 is 1.38 bits per heavy atom. The first-order valence-electron chi connectivity index (χ1n) is 4.95. The van der Waals surface area contributed by atoms with E-state index in [2.05, 4.69) is 44.4 Å². The largest absolute Gasteiger partial charge is 0.313 e. The summed E-state index contributed by atoms with van der Waals surface area (Å²) in [5, 5.41) is 13.4. The van der Waals surface area contributed by atoms with Crippen molar-refractivity contribution in [2.75, 3.05) is 7.05 Å². The van der Waals surface area contributed by atoms with E-state index >= 15 is 0 Å². The SMILES string of the molecule is CNCc1nnc(-c2cccc(Br)c2C)s1. The molecule has 0 radical (unpaired) electrons. The van der Waals surface area contributed by atoms with Crippen LogP contribution >= 0.6 is 27.3 Å². The Morgan fingerprint density at radius 2 is 2.19 bits per heavy atom. The summed E-state index contributed by atoms with van der Waals surface area (Å²) in [6.45, 7) is 2.85. The molecule has 0 aliphatic carbocycles. The van der Waals surface area contributed by atoms with E-state index < -0.39 is 0 Å². The summed E-state index contributed by atoms with van der Waals surface area (Å²) < 4.78 is 1.11. The highest BCUT2D eigenvalue weighted by atomic mass is 79.9. The number of hydrogen-bond donors (Lipinski definition) is 1. The quantitative estimate of drug-likeness (QED) is 0.946. The fourth-order valence-electron chi connectivity index (χ4n) is 1.42. The summed E-state index contributed by atoms with van der Waals surface area (Å²) in [4.78, 5) is 0. The monoisotopic (exact) mass is 297 g/mol. The van der Waals surface area contributed by atoms with Gasteiger partial charge in [0.1, 0.15) is 10.0 Å². The van der Waals surface area contributed by atoms with Crippen molar-refractivity contribution in [2.45, 2.75) is 13.5 Å². The zero-order chi connectivity index (χ0) is 11.5. The molecular formula is C11H12BrN3S. The molecule has 2 rings (SSSR count). The van der Waals surface area contributed by atoms with Crippen molar-refractivity contribution in [1.82, 2.24) is 15.5 Å². The van der Waals surface area contributed by atoms with Crippen LogP contribution in [0.2, 0.25) is 0 Å². The van der Waals surface area contributed by atoms with Crippen molar-refractivity contribution in [3.05, 3.63) is 33.2 Å². The predicted octanol–water partition coefficient (Wildman–Crippen LogP) is 3.00. The van der Waals surface area contributed by atoms with Gasteiger partial charge in [0.25, 0.3) is 0 Å². The fraction of sp³-hybridized carbons (Fsp3) is 0.273. The van der Waals surface area contributed by atoms with Gasteiger partial charge < -0.3 is 5.32 Å². The second-order valence-electron chi connectivity index (χ2n) is 3.44. The molecule has 0 atom stereocenters. The number of nitrogens with zero attached hydrogens (tertiary/aromatic N) is 2. The van der Waals surface area contributed by atoms with E-state index in [0.717, 1.165) is 26.6 Å². The molecule has 1 heterocycles. The van der Waals surface area contributed by atoms with Crippen molar-refractivity contribution in [2.24, 2.45) is 0 Å². The van der Waals surface area contributed by atoms with Crippen molar-refractivity contribution in [3.63, 3.8) is 0 Å². The van der Waals surface area contributed by atoms with Gasteiger partial charge in [0, 0.05) is 16.6 Å². The summed E-state index contributed by atoms with van der Waals surface area (Å²) >= 11 is 5.15. The molecule has 0 spiro atoms. The Balaban J connectivity index is 2.39. The number of hydrogen-bond acceptors (Lipinski definition) is 4. The van der Waals surface area contributed by atoms with Gasteiger partial charge in [0.15, 0.2) is 0 Å². The minimum Gasteiger partial charge on any atom is -0.313 e. The average molecular weight is 298 g/mol. The van der Waals surface area contributed by atoms with Crippen LogP contribution < -0.4 is 5.32 Å². The molecule has 0 amide bonds. The van der Waals surface area contributed by atoms with Crippen molar-refractivity contribution in [1.29, 1.82) is 0 Å². The molecule has 0 saturated heterocycles. The van der Waals surface area contributed by atoms with Crippen LogP contribution in [-0.4, -0.2) is 17.2 Å². The zero-order valence-corrected chi connectivity index (χ0v) is 11.5. The van der Waals surface area contributed by atoms with Gasteiger partial charge in [-0.15, -0.1) is 10.2 Å². The summed E-state index contributed by atoms with van der Waals surface area (Å²) in [5.74, 6) is 0. The second kappa shape index (κ2) is 5.03. The van der Waals surface area contributed by atoms with Crippen molar-refractivity contribution in [3.8, 4) is 10.6 Å². The van der Waals surface area contributed by atoms with Gasteiger partial charge >= 0.3 is 0 Å². The molecule has 84 valence electrons. The first-order valence-corrected chi connectivity index (χ1v) is 6.56. The maximum Gasteiger partial charge on any atom is 0.148 e. The van der Waals surface area contributed by atoms with Crippen LogP contribution in [0.1, 0.15) is 10.6 Å².